The SMILES string of the molecule is [2H]c1c([2H])c([2H])c(-c2c([2H])c([2H])c([2H])c(-c3c([2H])c([2H])c(-c4nc(-c5ccccc5)nc(-c5c([2H])c([2H])c(-n6c7c([2H])c([2H])c([2H])c([2H])c7c7c([2H])c(-c8c([2H])c([2H])c([2H])c([2H])c8[2H])c([2H])c([2H])c76)c([2H])c5[2H])n4)c([2H])c3[2H])c2[2H])c([2H])c1[2H]. The Balaban J connectivity index is 1.25. The molecule has 0 bridgehead atoms. The van der Waals surface area contributed by atoms with Gasteiger partial charge in [-0.05, 0) is 81.7 Å². The van der Waals surface area contributed by atoms with Gasteiger partial charge in [-0.1, -0.05) is 157 Å². The molecule has 0 atom stereocenters. The topological polar surface area (TPSA) is 43.6 Å². The summed E-state index contributed by atoms with van der Waals surface area (Å²) >= 11 is 0. The molecule has 0 saturated heterocycles. The van der Waals surface area contributed by atoms with Gasteiger partial charge in [0.1, 0.15) is 0 Å². The smallest absolute Gasteiger partial charge is 0.164 e. The van der Waals surface area contributed by atoms with Crippen molar-refractivity contribution in [2.75, 3.05) is 0 Å². The van der Waals surface area contributed by atoms with Gasteiger partial charge in [0.2, 0.25) is 0 Å². The van der Waals surface area contributed by atoms with E-state index in [1.807, 2.05) is 0 Å². The van der Waals surface area contributed by atoms with Crippen molar-refractivity contribution in [3.05, 3.63) is 206 Å². The van der Waals surface area contributed by atoms with E-state index in [1.54, 1.807) is 18.2 Å². The van der Waals surface area contributed by atoms with Gasteiger partial charge in [-0.2, -0.15) is 0 Å². The number of aromatic nitrogens is 4. The second kappa shape index (κ2) is 13.8. The van der Waals surface area contributed by atoms with Crippen molar-refractivity contribution in [3.63, 3.8) is 0 Å². The first-order valence-electron chi connectivity index (χ1n) is 30.7. The molecule has 0 N–H and O–H groups in total. The third-order valence-corrected chi connectivity index (χ3v) is 8.11. The van der Waals surface area contributed by atoms with Crippen molar-refractivity contribution in [2.24, 2.45) is 0 Å². The monoisotopic (exact) mass is 731 g/mol. The van der Waals surface area contributed by atoms with Crippen molar-refractivity contribution in [1.29, 1.82) is 0 Å². The van der Waals surface area contributed by atoms with Crippen LogP contribution in [0.4, 0.5) is 0 Å². The average molecular weight is 732 g/mol. The van der Waals surface area contributed by atoms with Gasteiger partial charge in [-0.15, -0.1) is 0 Å². The Bertz CT molecular complexity index is 4540. The third kappa shape index (κ3) is 6.16. The molecule has 0 aliphatic rings. The van der Waals surface area contributed by atoms with Crippen molar-refractivity contribution < 1.29 is 39.8 Å². The number of fused-ring (bicyclic) bond motifs is 3. The van der Waals surface area contributed by atoms with Gasteiger partial charge in [0, 0.05) is 33.2 Å². The van der Waals surface area contributed by atoms with Crippen LogP contribution >= 0.6 is 0 Å². The van der Waals surface area contributed by atoms with Gasteiger partial charge >= 0.3 is 0 Å². The van der Waals surface area contributed by atoms with E-state index >= 15 is 0 Å². The second-order valence-corrected chi connectivity index (χ2v) is 11.4. The normalized spacial score (nSPS) is 18.7. The lowest BCUT2D eigenvalue weighted by molar-refractivity contribution is 1.07. The zero-order valence-electron chi connectivity index (χ0n) is 56.7. The molecule has 0 fully saturated rings. The third-order valence-electron chi connectivity index (χ3n) is 8.11. The van der Waals surface area contributed by atoms with Crippen LogP contribution in [0.3, 0.4) is 0 Å². The van der Waals surface area contributed by atoms with Crippen LogP contribution in [-0.4, -0.2) is 19.5 Å². The number of benzene rings is 8. The van der Waals surface area contributed by atoms with Crippen LogP contribution in [0, 0.1) is 0 Å². The van der Waals surface area contributed by atoms with E-state index in [1.165, 1.54) is 12.1 Å². The van der Waals surface area contributed by atoms with Crippen LogP contribution < -0.4 is 0 Å². The van der Waals surface area contributed by atoms with E-state index in [0.29, 0.717) is 0 Å². The predicted octanol–water partition coefficient (Wildman–Crippen LogP) is 13.0. The maximum Gasteiger partial charge on any atom is 0.164 e. The highest BCUT2D eigenvalue weighted by Gasteiger charge is 2.16. The number of hydrogen-bond donors (Lipinski definition) is 0. The fraction of sp³-hybridized carbons (Fsp3) is 0. The summed E-state index contributed by atoms with van der Waals surface area (Å²) in [6.45, 7) is 0. The van der Waals surface area contributed by atoms with Crippen LogP contribution in [0.15, 0.2) is 206 Å². The first-order valence-corrected chi connectivity index (χ1v) is 16.2. The summed E-state index contributed by atoms with van der Waals surface area (Å²) in [5.41, 5.74) is -7.66. The van der Waals surface area contributed by atoms with Gasteiger partial charge in [0.15, 0.2) is 17.5 Å². The van der Waals surface area contributed by atoms with Crippen LogP contribution in [0.1, 0.15) is 39.8 Å². The number of rotatable bonds is 7. The Hall–Kier alpha value is -7.43. The summed E-state index contributed by atoms with van der Waals surface area (Å²) in [5, 5.41) is -1.09. The molecule has 0 amide bonds. The lowest BCUT2D eigenvalue weighted by Gasteiger charge is -2.11. The van der Waals surface area contributed by atoms with Crippen molar-refractivity contribution >= 4 is 21.8 Å². The zero-order chi connectivity index (χ0) is 61.8. The first kappa shape index (κ1) is 14.1. The minimum Gasteiger partial charge on any atom is -0.309 e. The summed E-state index contributed by atoms with van der Waals surface area (Å²) in [4.78, 5) is 13.3. The Morgan fingerprint density at radius 2 is 0.782 bits per heavy atom. The predicted molar refractivity (Wildman–Crippen MR) is 227 cm³/mol. The van der Waals surface area contributed by atoms with Gasteiger partial charge in [0.25, 0.3) is 0 Å². The minimum atomic E-state index is -1.01. The zero-order valence-corrected chi connectivity index (χ0v) is 27.7. The van der Waals surface area contributed by atoms with Crippen LogP contribution in [0.5, 0.6) is 0 Å². The van der Waals surface area contributed by atoms with Gasteiger partial charge < -0.3 is 4.57 Å². The maximum atomic E-state index is 9.55. The summed E-state index contributed by atoms with van der Waals surface area (Å²) in [7, 11) is 0. The molecule has 4 heteroatoms. The minimum absolute atomic E-state index is 0.195. The molecule has 4 nitrogen and oxygen atoms in total. The highest BCUT2D eigenvalue weighted by molar-refractivity contribution is 6.10. The number of hydrogen-bond acceptors (Lipinski definition) is 3. The molecule has 0 spiro atoms. The van der Waals surface area contributed by atoms with Gasteiger partial charge in [0.05, 0.1) is 50.8 Å². The molecular weight excluding hydrogens is 669 g/mol. The van der Waals surface area contributed by atoms with Crippen LogP contribution in [0.25, 0.3) is 95.0 Å². The number of para-hydroxylation sites is 1. The molecule has 0 aliphatic carbocycles. The Morgan fingerprint density at radius 1 is 0.327 bits per heavy atom. The van der Waals surface area contributed by atoms with Crippen LogP contribution in [-0.2, 0) is 0 Å². The van der Waals surface area contributed by atoms with E-state index in [2.05, 4.69) is 15.0 Å². The quantitative estimate of drug-likeness (QED) is 0.164. The lowest BCUT2D eigenvalue weighted by atomic mass is 9.98. The molecule has 10 rings (SSSR count). The largest absolute Gasteiger partial charge is 0.309 e. The Kier molecular flexibility index (Phi) is 3.55. The molecule has 0 radical (unpaired) electrons. The average Bonchev–Trinajstić information content (AvgIpc) is 1.51. The van der Waals surface area contributed by atoms with E-state index in [-0.39, 0.29) is 11.4 Å². The van der Waals surface area contributed by atoms with E-state index in [0.717, 1.165) is 4.57 Å². The summed E-state index contributed by atoms with van der Waals surface area (Å²) in [6, 6.07) is -18.7. The highest BCUT2D eigenvalue weighted by atomic mass is 15.0. The standard InChI is InChI=1S/C51H34N4/c1-4-13-35(14-5-1)41-19-12-20-42(33-41)37-23-25-39(26-24-37)50-52-49(38-17-8-3-9-18-38)53-51(54-50)40-27-30-44(31-28-40)55-47-22-11-10-21-45(47)46-34-43(29-32-48(46)55)36-15-6-2-7-16-36/h1-34H/i1D,2D,4D,5D,6D,7D,10D,11D,12D,13D,14D,15D,16D,19D,20D,21D,22D,23D,24D,25D,26D,27D,28D,29D,30D,31D,32D,33D,34D. The molecular formula is C51H34N4. The van der Waals surface area contributed by atoms with Crippen molar-refractivity contribution in [1.82, 2.24) is 19.5 Å². The first-order chi connectivity index (χ1) is 39.3. The second-order valence-electron chi connectivity index (χ2n) is 11.4. The van der Waals surface area contributed by atoms with E-state index in [4.69, 9.17) is 23.3 Å². The Morgan fingerprint density at radius 3 is 1.42 bits per heavy atom. The molecule has 0 saturated carbocycles. The van der Waals surface area contributed by atoms with Gasteiger partial charge in [-0.3, -0.25) is 0 Å². The molecule has 2 aromatic heterocycles. The summed E-state index contributed by atoms with van der Waals surface area (Å²) < 4.78 is 258. The van der Waals surface area contributed by atoms with Crippen LogP contribution in [0.2, 0.25) is 0 Å². The molecule has 258 valence electrons. The van der Waals surface area contributed by atoms with Crippen molar-refractivity contribution in [3.8, 4) is 73.2 Å². The number of nitrogens with zero attached hydrogens (tertiary/aromatic N) is 4. The molecule has 0 unspecified atom stereocenters. The Labute approximate surface area is 360 Å². The molecule has 0 aliphatic heterocycles. The summed E-state index contributed by atoms with van der Waals surface area (Å²) in [6.07, 6.45) is 0. The molecule has 2 heterocycles. The highest BCUT2D eigenvalue weighted by Crippen LogP contribution is 2.36. The van der Waals surface area contributed by atoms with Gasteiger partial charge in [-0.25, -0.2) is 15.0 Å². The molecule has 55 heavy (non-hydrogen) atoms. The molecule has 10 aromatic rings. The summed E-state index contributed by atoms with van der Waals surface area (Å²) in [5.74, 6) is -1.67. The van der Waals surface area contributed by atoms with E-state index in [9.17, 15) is 16.4 Å². The fourth-order valence-corrected chi connectivity index (χ4v) is 5.60. The maximum absolute atomic E-state index is 9.55. The lowest BCUT2D eigenvalue weighted by Crippen LogP contribution is -2.00. The van der Waals surface area contributed by atoms with Crippen molar-refractivity contribution in [2.45, 2.75) is 0 Å². The van der Waals surface area contributed by atoms with E-state index < -0.39 is 259 Å². The fourth-order valence-electron chi connectivity index (χ4n) is 5.60. The molecule has 8 aromatic carbocycles.